The minimum absolute atomic E-state index is 0.135. The van der Waals surface area contributed by atoms with Crippen LogP contribution < -0.4 is 9.46 Å². The first kappa shape index (κ1) is 15.8. The predicted molar refractivity (Wildman–Crippen MR) is 81.6 cm³/mol. The van der Waals surface area contributed by atoms with Crippen LogP contribution in [0.4, 0.5) is 11.4 Å². The van der Waals surface area contributed by atoms with E-state index in [1.807, 2.05) is 0 Å². The van der Waals surface area contributed by atoms with Crippen LogP contribution in [0.5, 0.6) is 5.75 Å². The number of aryl methyl sites for hydroxylation is 1. The number of nitrogens with zero attached hydrogens (tertiary/aromatic N) is 1. The summed E-state index contributed by atoms with van der Waals surface area (Å²) in [6.45, 7) is 1.57. The summed E-state index contributed by atoms with van der Waals surface area (Å²) in [6, 6.07) is 10.1. The summed E-state index contributed by atoms with van der Waals surface area (Å²) < 4.78 is 32.3. The molecule has 0 aliphatic carbocycles. The third-order valence-electron chi connectivity index (χ3n) is 2.99. The molecule has 7 nitrogen and oxygen atoms in total. The first-order valence-corrected chi connectivity index (χ1v) is 7.74. The fourth-order valence-corrected chi connectivity index (χ4v) is 3.20. The number of methoxy groups -OCH3 is 1. The predicted octanol–water partition coefficient (Wildman–Crippen LogP) is 2.71. The van der Waals surface area contributed by atoms with Crippen LogP contribution >= 0.6 is 0 Å². The highest BCUT2D eigenvalue weighted by Gasteiger charge is 2.20. The minimum atomic E-state index is -3.94. The number of rotatable bonds is 5. The number of nitro benzene ring substituents is 1. The van der Waals surface area contributed by atoms with E-state index in [0.29, 0.717) is 17.0 Å². The number of benzene rings is 2. The van der Waals surface area contributed by atoms with Gasteiger partial charge >= 0.3 is 0 Å². The molecule has 22 heavy (non-hydrogen) atoms. The Labute approximate surface area is 127 Å². The monoisotopic (exact) mass is 322 g/mol. The lowest BCUT2D eigenvalue weighted by atomic mass is 10.2. The van der Waals surface area contributed by atoms with Crippen LogP contribution in [0, 0.1) is 17.0 Å². The van der Waals surface area contributed by atoms with Gasteiger partial charge in [-0.05, 0) is 24.6 Å². The summed E-state index contributed by atoms with van der Waals surface area (Å²) in [6.07, 6.45) is 0. The zero-order valence-corrected chi connectivity index (χ0v) is 12.8. The summed E-state index contributed by atoms with van der Waals surface area (Å²) in [7, 11) is -2.46. The van der Waals surface area contributed by atoms with Gasteiger partial charge in [0.05, 0.1) is 22.6 Å². The van der Waals surface area contributed by atoms with E-state index < -0.39 is 14.9 Å². The van der Waals surface area contributed by atoms with E-state index in [9.17, 15) is 18.5 Å². The van der Waals surface area contributed by atoms with Crippen molar-refractivity contribution >= 4 is 21.4 Å². The Hall–Kier alpha value is -2.61. The van der Waals surface area contributed by atoms with Crippen LogP contribution in [0.1, 0.15) is 5.56 Å². The van der Waals surface area contributed by atoms with Gasteiger partial charge < -0.3 is 4.74 Å². The molecule has 2 aromatic carbocycles. The van der Waals surface area contributed by atoms with E-state index in [1.165, 1.54) is 25.3 Å². The molecule has 0 amide bonds. The number of hydrogen-bond acceptors (Lipinski definition) is 5. The molecule has 0 aromatic heterocycles. The Morgan fingerprint density at radius 2 is 1.91 bits per heavy atom. The van der Waals surface area contributed by atoms with E-state index in [2.05, 4.69) is 4.72 Å². The van der Waals surface area contributed by atoms with Gasteiger partial charge in [0.1, 0.15) is 5.75 Å². The normalized spacial score (nSPS) is 11.0. The fraction of sp³-hybridized carbons (Fsp3) is 0.143. The van der Waals surface area contributed by atoms with Crippen molar-refractivity contribution in [1.82, 2.24) is 0 Å². The molecule has 2 rings (SSSR count). The number of sulfonamides is 1. The Morgan fingerprint density at radius 1 is 1.18 bits per heavy atom. The maximum atomic E-state index is 12.4. The van der Waals surface area contributed by atoms with Gasteiger partial charge in [-0.25, -0.2) is 8.42 Å². The Balaban J connectivity index is 2.42. The van der Waals surface area contributed by atoms with Crippen molar-refractivity contribution < 1.29 is 18.1 Å². The molecule has 0 saturated carbocycles. The maximum absolute atomic E-state index is 12.4. The number of nitrogens with one attached hydrogen (secondary N) is 1. The zero-order chi connectivity index (χ0) is 16.3. The van der Waals surface area contributed by atoms with Gasteiger partial charge in [0.2, 0.25) is 0 Å². The largest absolute Gasteiger partial charge is 0.497 e. The maximum Gasteiger partial charge on any atom is 0.270 e. The van der Waals surface area contributed by atoms with Gasteiger partial charge in [-0.3, -0.25) is 14.8 Å². The van der Waals surface area contributed by atoms with E-state index in [0.717, 1.165) is 6.07 Å². The molecule has 2 aromatic rings. The molecule has 0 aliphatic rings. The molecular formula is C14H14N2O5S. The van der Waals surface area contributed by atoms with Gasteiger partial charge in [-0.15, -0.1) is 0 Å². The molecule has 0 unspecified atom stereocenters. The van der Waals surface area contributed by atoms with Crippen molar-refractivity contribution in [3.8, 4) is 5.75 Å². The first-order valence-electron chi connectivity index (χ1n) is 6.25. The summed E-state index contributed by atoms with van der Waals surface area (Å²) in [4.78, 5) is 10.0. The molecule has 0 saturated heterocycles. The summed E-state index contributed by atoms with van der Waals surface area (Å²) >= 11 is 0. The molecule has 0 bridgehead atoms. The molecule has 0 radical (unpaired) electrons. The van der Waals surface area contributed by atoms with E-state index in [4.69, 9.17) is 4.74 Å². The third kappa shape index (κ3) is 3.34. The van der Waals surface area contributed by atoms with Gasteiger partial charge in [0.25, 0.3) is 15.7 Å². The van der Waals surface area contributed by atoms with Crippen molar-refractivity contribution in [2.75, 3.05) is 11.8 Å². The average Bonchev–Trinajstić information content (AvgIpc) is 2.47. The Morgan fingerprint density at radius 3 is 2.55 bits per heavy atom. The van der Waals surface area contributed by atoms with Crippen LogP contribution in [0.2, 0.25) is 0 Å². The minimum Gasteiger partial charge on any atom is -0.497 e. The lowest BCUT2D eigenvalue weighted by Crippen LogP contribution is -2.14. The molecule has 116 valence electrons. The highest BCUT2D eigenvalue weighted by atomic mass is 32.2. The van der Waals surface area contributed by atoms with Crippen LogP contribution in [-0.4, -0.2) is 20.5 Å². The Kier molecular flexibility index (Phi) is 4.32. The lowest BCUT2D eigenvalue weighted by Gasteiger charge is -2.11. The third-order valence-corrected chi connectivity index (χ3v) is 4.52. The van der Waals surface area contributed by atoms with Gasteiger partial charge in [-0.2, -0.15) is 0 Å². The SMILES string of the molecule is COc1cccc(NS(=O)(=O)c2cc([N+](=O)[O-])ccc2C)c1. The van der Waals surface area contributed by atoms with Crippen molar-refractivity contribution in [3.63, 3.8) is 0 Å². The first-order chi connectivity index (χ1) is 10.3. The smallest absolute Gasteiger partial charge is 0.270 e. The van der Waals surface area contributed by atoms with Crippen molar-refractivity contribution in [2.45, 2.75) is 11.8 Å². The topological polar surface area (TPSA) is 98.5 Å². The molecule has 0 aliphatic heterocycles. The second kappa shape index (κ2) is 6.02. The highest BCUT2D eigenvalue weighted by Crippen LogP contribution is 2.25. The van der Waals surface area contributed by atoms with Crippen molar-refractivity contribution in [2.24, 2.45) is 0 Å². The Bertz CT molecular complexity index is 818. The second-order valence-electron chi connectivity index (χ2n) is 4.54. The summed E-state index contributed by atoms with van der Waals surface area (Å²) in [5.74, 6) is 0.496. The molecule has 0 fully saturated rings. The van der Waals surface area contributed by atoms with Gasteiger partial charge in [0.15, 0.2) is 0 Å². The van der Waals surface area contributed by atoms with E-state index in [-0.39, 0.29) is 10.6 Å². The molecule has 0 heterocycles. The lowest BCUT2D eigenvalue weighted by molar-refractivity contribution is -0.385. The van der Waals surface area contributed by atoms with Crippen LogP contribution in [-0.2, 0) is 10.0 Å². The quantitative estimate of drug-likeness (QED) is 0.674. The highest BCUT2D eigenvalue weighted by molar-refractivity contribution is 7.92. The average molecular weight is 322 g/mol. The number of nitro groups is 1. The summed E-state index contributed by atoms with van der Waals surface area (Å²) in [5.41, 5.74) is 0.447. The van der Waals surface area contributed by atoms with Gasteiger partial charge in [-0.1, -0.05) is 12.1 Å². The van der Waals surface area contributed by atoms with Crippen molar-refractivity contribution in [3.05, 3.63) is 58.1 Å². The number of ether oxygens (including phenoxy) is 1. The molecule has 0 atom stereocenters. The number of non-ortho nitro benzene ring substituents is 1. The van der Waals surface area contributed by atoms with Crippen LogP contribution in [0.25, 0.3) is 0 Å². The zero-order valence-electron chi connectivity index (χ0n) is 11.9. The van der Waals surface area contributed by atoms with Crippen molar-refractivity contribution in [1.29, 1.82) is 0 Å². The van der Waals surface area contributed by atoms with Crippen LogP contribution in [0.15, 0.2) is 47.4 Å². The van der Waals surface area contributed by atoms with Crippen LogP contribution in [0.3, 0.4) is 0 Å². The van der Waals surface area contributed by atoms with E-state index in [1.54, 1.807) is 25.1 Å². The molecule has 8 heteroatoms. The molecule has 1 N–H and O–H groups in total. The standard InChI is InChI=1S/C14H14N2O5S/c1-10-6-7-12(16(17)18)9-14(10)22(19,20)15-11-4-3-5-13(8-11)21-2/h3-9,15H,1-2H3. The number of anilines is 1. The number of hydrogen-bond donors (Lipinski definition) is 1. The molecular weight excluding hydrogens is 308 g/mol. The summed E-state index contributed by atoms with van der Waals surface area (Å²) in [5, 5.41) is 10.8. The second-order valence-corrected chi connectivity index (χ2v) is 6.20. The fourth-order valence-electron chi connectivity index (χ4n) is 1.89. The van der Waals surface area contributed by atoms with Gasteiger partial charge in [0, 0.05) is 18.2 Å². The van der Waals surface area contributed by atoms with E-state index >= 15 is 0 Å². The molecule has 0 spiro atoms.